The smallest absolute Gasteiger partial charge is 0.293 e. The quantitative estimate of drug-likeness (QED) is 0.323. The maximum Gasteiger partial charge on any atom is 0.293 e. The van der Waals surface area contributed by atoms with Crippen LogP contribution in [0.25, 0.3) is 11.0 Å². The maximum atomic E-state index is 12.5. The minimum Gasteiger partial charge on any atom is -0.361 e. The third-order valence-corrected chi connectivity index (χ3v) is 5.63. The molecular weight excluding hydrogens is 346 g/mol. The molecule has 132 valence electrons. The van der Waals surface area contributed by atoms with Gasteiger partial charge in [0.25, 0.3) is 5.91 Å². The van der Waals surface area contributed by atoms with Gasteiger partial charge >= 0.3 is 0 Å². The summed E-state index contributed by atoms with van der Waals surface area (Å²) in [6, 6.07) is 6.32. The average Bonchev–Trinajstić information content (AvgIpc) is 2.86. The van der Waals surface area contributed by atoms with E-state index in [1.165, 1.54) is 12.2 Å². The van der Waals surface area contributed by atoms with Gasteiger partial charge < -0.3 is 9.30 Å². The van der Waals surface area contributed by atoms with E-state index in [0.29, 0.717) is 23.0 Å². The molecule has 0 fully saturated rings. The van der Waals surface area contributed by atoms with Gasteiger partial charge in [-0.15, -0.1) is 0 Å². The molecule has 0 unspecified atom stereocenters. The number of nitrogens with zero attached hydrogens (tertiary/aromatic N) is 3. The Labute approximate surface area is 148 Å². The van der Waals surface area contributed by atoms with Crippen molar-refractivity contribution in [1.29, 1.82) is 0 Å². The largest absolute Gasteiger partial charge is 0.361 e. The molecule has 0 bridgehead atoms. The van der Waals surface area contributed by atoms with E-state index in [1.54, 1.807) is 23.7 Å². The number of hydrogen-bond acceptors (Lipinski definition) is 4. The monoisotopic (exact) mass is 369 g/mol. The van der Waals surface area contributed by atoms with E-state index in [0.717, 1.165) is 11.6 Å². The summed E-state index contributed by atoms with van der Waals surface area (Å²) in [7, 11) is 1.86. The standard InChI is InChI=1S/C16H24ClN3O3Si/c1-19(22-2)16(21)14-10-12-13(6-7-15(17)18-12)20(14)11-23-8-9-24(3,4)5/h6-7,10H,8-9,11H2,1-5H3. The Hall–Kier alpha value is -1.41. The second kappa shape index (κ2) is 7.65. The molecular formula is C16H24ClN3O3Si. The Morgan fingerprint density at radius 2 is 2.08 bits per heavy atom. The van der Waals surface area contributed by atoms with Gasteiger partial charge in [-0.25, -0.2) is 10.0 Å². The van der Waals surface area contributed by atoms with Crippen LogP contribution in [0.5, 0.6) is 0 Å². The van der Waals surface area contributed by atoms with Crippen LogP contribution in [0.2, 0.25) is 30.8 Å². The second-order valence-corrected chi connectivity index (χ2v) is 12.8. The van der Waals surface area contributed by atoms with Crippen molar-refractivity contribution in [2.24, 2.45) is 0 Å². The molecule has 0 saturated carbocycles. The zero-order valence-corrected chi connectivity index (χ0v) is 16.6. The summed E-state index contributed by atoms with van der Waals surface area (Å²) in [5, 5.41) is 1.56. The first-order valence-corrected chi connectivity index (χ1v) is 11.9. The van der Waals surface area contributed by atoms with Crippen LogP contribution >= 0.6 is 11.6 Å². The Morgan fingerprint density at radius 3 is 2.71 bits per heavy atom. The number of fused-ring (bicyclic) bond motifs is 1. The van der Waals surface area contributed by atoms with Crippen molar-refractivity contribution in [3.63, 3.8) is 0 Å². The number of rotatable bonds is 7. The number of carbonyl (C=O) groups is 1. The molecule has 2 aromatic rings. The topological polar surface area (TPSA) is 56.6 Å². The lowest BCUT2D eigenvalue weighted by molar-refractivity contribution is -0.0766. The van der Waals surface area contributed by atoms with Crippen molar-refractivity contribution >= 4 is 36.6 Å². The highest BCUT2D eigenvalue weighted by molar-refractivity contribution is 6.76. The first kappa shape index (κ1) is 18.9. The minimum atomic E-state index is -1.16. The first-order valence-electron chi connectivity index (χ1n) is 7.78. The third-order valence-electron chi connectivity index (χ3n) is 3.72. The lowest BCUT2D eigenvalue weighted by Gasteiger charge is -2.18. The lowest BCUT2D eigenvalue weighted by atomic mass is 10.3. The van der Waals surface area contributed by atoms with Gasteiger partial charge in [0, 0.05) is 21.7 Å². The van der Waals surface area contributed by atoms with Crippen LogP contribution in [0, 0.1) is 0 Å². The van der Waals surface area contributed by atoms with Crippen LogP contribution in [-0.2, 0) is 16.3 Å². The van der Waals surface area contributed by atoms with E-state index in [2.05, 4.69) is 24.6 Å². The number of carbonyl (C=O) groups excluding carboxylic acids is 1. The van der Waals surface area contributed by atoms with Gasteiger partial charge in [-0.2, -0.15) is 0 Å². The molecule has 0 N–H and O–H groups in total. The Balaban J connectivity index is 2.29. The summed E-state index contributed by atoms with van der Waals surface area (Å²) < 4.78 is 7.63. The minimum absolute atomic E-state index is 0.264. The molecule has 24 heavy (non-hydrogen) atoms. The van der Waals surface area contributed by atoms with E-state index in [4.69, 9.17) is 21.2 Å². The fourth-order valence-corrected chi connectivity index (χ4v) is 3.12. The van der Waals surface area contributed by atoms with Gasteiger partial charge in [-0.05, 0) is 24.2 Å². The summed E-state index contributed by atoms with van der Waals surface area (Å²) in [4.78, 5) is 21.8. The van der Waals surface area contributed by atoms with E-state index < -0.39 is 8.07 Å². The van der Waals surface area contributed by atoms with Crippen LogP contribution in [0.3, 0.4) is 0 Å². The predicted octanol–water partition coefficient (Wildman–Crippen LogP) is 3.64. The average molecular weight is 370 g/mol. The van der Waals surface area contributed by atoms with Gasteiger partial charge in [0.2, 0.25) is 0 Å². The van der Waals surface area contributed by atoms with Gasteiger partial charge in [-0.1, -0.05) is 31.2 Å². The normalized spacial score (nSPS) is 11.9. The molecule has 2 aromatic heterocycles. The van der Waals surface area contributed by atoms with Crippen molar-refractivity contribution in [2.75, 3.05) is 20.8 Å². The summed E-state index contributed by atoms with van der Waals surface area (Å²) in [6.45, 7) is 7.86. The molecule has 0 saturated heterocycles. The molecule has 6 nitrogen and oxygen atoms in total. The summed E-state index contributed by atoms with van der Waals surface area (Å²) in [5.41, 5.74) is 1.92. The Bertz CT molecular complexity index is 727. The molecule has 1 amide bonds. The molecule has 0 spiro atoms. The van der Waals surface area contributed by atoms with Crippen molar-refractivity contribution in [3.05, 3.63) is 29.0 Å². The Morgan fingerprint density at radius 1 is 1.38 bits per heavy atom. The predicted molar refractivity (Wildman–Crippen MR) is 98.0 cm³/mol. The molecule has 2 heterocycles. The fourth-order valence-electron chi connectivity index (χ4n) is 2.21. The summed E-state index contributed by atoms with van der Waals surface area (Å²) in [5.74, 6) is -0.264. The summed E-state index contributed by atoms with van der Waals surface area (Å²) in [6.07, 6.45) is 0. The zero-order chi connectivity index (χ0) is 17.9. The second-order valence-electron chi connectivity index (χ2n) is 6.83. The fraction of sp³-hybridized carbons (Fsp3) is 0.500. The summed E-state index contributed by atoms with van der Waals surface area (Å²) >= 11 is 5.96. The SMILES string of the molecule is CON(C)C(=O)c1cc2nc(Cl)ccc2n1COCC[Si](C)(C)C. The molecule has 2 rings (SSSR count). The highest BCUT2D eigenvalue weighted by atomic mass is 35.5. The van der Waals surface area contributed by atoms with Crippen molar-refractivity contribution in [1.82, 2.24) is 14.6 Å². The van der Waals surface area contributed by atoms with Crippen molar-refractivity contribution in [3.8, 4) is 0 Å². The van der Waals surface area contributed by atoms with Crippen LogP contribution in [-0.4, -0.2) is 49.4 Å². The molecule has 0 aliphatic carbocycles. The number of hydrogen-bond donors (Lipinski definition) is 0. The number of hydroxylamine groups is 2. The highest BCUT2D eigenvalue weighted by Gasteiger charge is 2.20. The highest BCUT2D eigenvalue weighted by Crippen LogP contribution is 2.22. The number of amides is 1. The molecule has 0 aliphatic rings. The lowest BCUT2D eigenvalue weighted by Crippen LogP contribution is -2.28. The zero-order valence-electron chi connectivity index (χ0n) is 14.8. The van der Waals surface area contributed by atoms with E-state index in [9.17, 15) is 4.79 Å². The van der Waals surface area contributed by atoms with Gasteiger partial charge in [0.1, 0.15) is 17.6 Å². The molecule has 0 atom stereocenters. The Kier molecular flexibility index (Phi) is 6.03. The van der Waals surface area contributed by atoms with Crippen LogP contribution in [0.15, 0.2) is 18.2 Å². The maximum absolute atomic E-state index is 12.5. The molecule has 8 heteroatoms. The number of pyridine rings is 1. The van der Waals surface area contributed by atoms with Gasteiger partial charge in [-0.3, -0.25) is 9.63 Å². The van der Waals surface area contributed by atoms with Gasteiger partial charge in [0.05, 0.1) is 18.1 Å². The van der Waals surface area contributed by atoms with Crippen LogP contribution in [0.1, 0.15) is 10.5 Å². The van der Waals surface area contributed by atoms with Crippen molar-refractivity contribution in [2.45, 2.75) is 32.4 Å². The molecule has 0 aliphatic heterocycles. The molecule has 0 radical (unpaired) electrons. The molecule has 0 aromatic carbocycles. The van der Waals surface area contributed by atoms with Gasteiger partial charge in [0.15, 0.2) is 0 Å². The first-order chi connectivity index (χ1) is 11.2. The van der Waals surface area contributed by atoms with Crippen LogP contribution in [0.4, 0.5) is 0 Å². The number of halogens is 1. The number of aromatic nitrogens is 2. The number of ether oxygens (including phenoxy) is 1. The third kappa shape index (κ3) is 4.57. The van der Waals surface area contributed by atoms with Crippen molar-refractivity contribution < 1.29 is 14.4 Å². The van der Waals surface area contributed by atoms with E-state index in [-0.39, 0.29) is 12.6 Å². The van der Waals surface area contributed by atoms with E-state index >= 15 is 0 Å². The van der Waals surface area contributed by atoms with E-state index in [1.807, 2.05) is 6.07 Å². The van der Waals surface area contributed by atoms with Crippen LogP contribution < -0.4 is 0 Å².